The predicted octanol–water partition coefficient (Wildman–Crippen LogP) is 3.73. The van der Waals surface area contributed by atoms with Crippen molar-refractivity contribution >= 4 is 11.6 Å². The van der Waals surface area contributed by atoms with Crippen LogP contribution in [0.25, 0.3) is 0 Å². The van der Waals surface area contributed by atoms with Gasteiger partial charge in [-0.1, -0.05) is 25.4 Å². The maximum absolute atomic E-state index is 13.9. The van der Waals surface area contributed by atoms with Crippen molar-refractivity contribution in [3.8, 4) is 0 Å². The zero-order valence-electron chi connectivity index (χ0n) is 13.1. The largest absolute Gasteiger partial charge is 0.315 e. The van der Waals surface area contributed by atoms with Crippen LogP contribution in [-0.4, -0.2) is 36.6 Å². The number of nitrogens with zero attached hydrogens (tertiary/aromatic N) is 1. The van der Waals surface area contributed by atoms with Crippen molar-refractivity contribution in [3.05, 3.63) is 34.6 Å². The molecule has 0 amide bonds. The minimum atomic E-state index is -0.190. The molecule has 1 unspecified atom stereocenters. The molecule has 0 fully saturated rings. The van der Waals surface area contributed by atoms with E-state index in [0.717, 1.165) is 13.1 Å². The van der Waals surface area contributed by atoms with Crippen molar-refractivity contribution in [2.45, 2.75) is 45.7 Å². The molecule has 20 heavy (non-hydrogen) atoms. The number of hydrogen-bond donors (Lipinski definition) is 1. The summed E-state index contributed by atoms with van der Waals surface area (Å²) in [4.78, 5) is 2.39. The van der Waals surface area contributed by atoms with Gasteiger partial charge in [-0.2, -0.15) is 0 Å². The second kappa shape index (κ2) is 7.39. The Morgan fingerprint density at radius 1 is 1.30 bits per heavy atom. The van der Waals surface area contributed by atoms with Crippen molar-refractivity contribution < 1.29 is 4.39 Å². The van der Waals surface area contributed by atoms with Crippen LogP contribution in [0, 0.1) is 5.82 Å². The molecule has 0 aliphatic heterocycles. The van der Waals surface area contributed by atoms with E-state index in [4.69, 9.17) is 11.6 Å². The van der Waals surface area contributed by atoms with Crippen LogP contribution in [0.5, 0.6) is 0 Å². The van der Waals surface area contributed by atoms with Crippen molar-refractivity contribution in [2.24, 2.45) is 0 Å². The second-order valence-electron chi connectivity index (χ2n) is 5.61. The summed E-state index contributed by atoms with van der Waals surface area (Å²) in [6, 6.07) is 4.90. The fourth-order valence-electron chi connectivity index (χ4n) is 2.88. The molecule has 0 aromatic heterocycles. The fourth-order valence-corrected chi connectivity index (χ4v) is 3.08. The molecule has 0 aliphatic rings. The summed E-state index contributed by atoms with van der Waals surface area (Å²) in [6.45, 7) is 10.6. The van der Waals surface area contributed by atoms with Crippen molar-refractivity contribution in [3.63, 3.8) is 0 Å². The number of hydrogen-bond acceptors (Lipinski definition) is 2. The first-order chi connectivity index (χ1) is 9.36. The number of rotatable bonds is 7. The lowest BCUT2D eigenvalue weighted by molar-refractivity contribution is 0.0940. The highest BCUT2D eigenvalue weighted by Gasteiger charge is 2.33. The maximum Gasteiger partial charge on any atom is 0.126 e. The minimum Gasteiger partial charge on any atom is -0.315 e. The van der Waals surface area contributed by atoms with Gasteiger partial charge in [0.15, 0.2) is 0 Å². The summed E-state index contributed by atoms with van der Waals surface area (Å²) in [5.74, 6) is -0.190. The molecule has 0 aliphatic carbocycles. The zero-order valence-corrected chi connectivity index (χ0v) is 13.9. The molecule has 4 heteroatoms. The first kappa shape index (κ1) is 17.4. The third-order valence-electron chi connectivity index (χ3n) is 4.21. The summed E-state index contributed by atoms with van der Waals surface area (Å²) in [7, 11) is 1.93. The molecule has 1 atom stereocenters. The van der Waals surface area contributed by atoms with E-state index in [1.807, 2.05) is 7.05 Å². The van der Waals surface area contributed by atoms with Crippen molar-refractivity contribution in [1.29, 1.82) is 0 Å². The van der Waals surface area contributed by atoms with Crippen LogP contribution < -0.4 is 5.32 Å². The quantitative estimate of drug-likeness (QED) is 0.825. The van der Waals surface area contributed by atoms with Gasteiger partial charge in [-0.05, 0) is 64.2 Å². The zero-order chi connectivity index (χ0) is 15.3. The molecule has 1 N–H and O–H groups in total. The molecule has 1 rings (SSSR count). The van der Waals surface area contributed by atoms with Gasteiger partial charge in [-0.15, -0.1) is 0 Å². The Balaban J connectivity index is 2.99. The van der Waals surface area contributed by atoms with Gasteiger partial charge in [-0.25, -0.2) is 4.39 Å². The Morgan fingerprint density at radius 3 is 2.40 bits per heavy atom. The highest BCUT2D eigenvalue weighted by Crippen LogP contribution is 2.24. The summed E-state index contributed by atoms with van der Waals surface area (Å²) in [5.41, 5.74) is 0.601. The minimum absolute atomic E-state index is 0.0625. The van der Waals surface area contributed by atoms with Crippen molar-refractivity contribution in [2.75, 3.05) is 20.1 Å². The van der Waals surface area contributed by atoms with E-state index >= 15 is 0 Å². The fraction of sp³-hybridized carbons (Fsp3) is 0.625. The van der Waals surface area contributed by atoms with Gasteiger partial charge >= 0.3 is 0 Å². The normalized spacial score (nSPS) is 13.8. The Labute approximate surface area is 127 Å². The highest BCUT2D eigenvalue weighted by molar-refractivity contribution is 6.30. The molecule has 1 aromatic carbocycles. The Kier molecular flexibility index (Phi) is 6.44. The molecule has 0 saturated carbocycles. The lowest BCUT2D eigenvalue weighted by atomic mass is 9.87. The molecule has 1 aromatic rings. The first-order valence-corrected chi connectivity index (χ1v) is 7.60. The third-order valence-corrected chi connectivity index (χ3v) is 4.45. The van der Waals surface area contributed by atoms with Crippen LogP contribution >= 0.6 is 11.6 Å². The van der Waals surface area contributed by atoms with E-state index in [-0.39, 0.29) is 17.4 Å². The van der Waals surface area contributed by atoms with E-state index in [9.17, 15) is 4.39 Å². The summed E-state index contributed by atoms with van der Waals surface area (Å²) < 4.78 is 13.9. The van der Waals surface area contributed by atoms with Gasteiger partial charge in [0.25, 0.3) is 0 Å². The number of likely N-dealkylation sites (N-methyl/N-ethyl adjacent to an activating group) is 2. The van der Waals surface area contributed by atoms with Crippen LogP contribution in [-0.2, 0) is 6.42 Å². The van der Waals surface area contributed by atoms with Crippen molar-refractivity contribution in [1.82, 2.24) is 10.2 Å². The number of halogens is 2. The summed E-state index contributed by atoms with van der Waals surface area (Å²) in [6.07, 6.45) is 0.617. The topological polar surface area (TPSA) is 15.3 Å². The molecule has 2 nitrogen and oxygen atoms in total. The second-order valence-corrected chi connectivity index (χ2v) is 6.04. The molecule has 0 heterocycles. The van der Waals surface area contributed by atoms with E-state index in [1.54, 1.807) is 12.1 Å². The van der Waals surface area contributed by atoms with Gasteiger partial charge in [-0.3, -0.25) is 4.90 Å². The third kappa shape index (κ3) is 3.94. The van der Waals surface area contributed by atoms with Crippen LogP contribution in [0.4, 0.5) is 4.39 Å². The summed E-state index contributed by atoms with van der Waals surface area (Å²) in [5, 5.41) is 3.92. The van der Waals surface area contributed by atoms with Gasteiger partial charge < -0.3 is 5.32 Å². The van der Waals surface area contributed by atoms with Gasteiger partial charge in [0.1, 0.15) is 5.82 Å². The van der Waals surface area contributed by atoms with Gasteiger partial charge in [0.05, 0.1) is 0 Å². The Bertz CT molecular complexity index is 430. The summed E-state index contributed by atoms with van der Waals surface area (Å²) >= 11 is 5.98. The number of benzene rings is 1. The van der Waals surface area contributed by atoms with E-state index in [0.29, 0.717) is 17.0 Å². The highest BCUT2D eigenvalue weighted by atomic mass is 35.5. The first-order valence-electron chi connectivity index (χ1n) is 7.23. The molecule has 0 radical (unpaired) electrons. The lowest BCUT2D eigenvalue weighted by Gasteiger charge is -2.43. The molecule has 0 spiro atoms. The molecular weight excluding hydrogens is 275 g/mol. The van der Waals surface area contributed by atoms with Crippen LogP contribution in [0.2, 0.25) is 5.02 Å². The maximum atomic E-state index is 13.9. The SMILES string of the molecule is CCN(CC)C(C)(C)C(Cc1cc(Cl)ccc1F)NC. The molecule has 0 bridgehead atoms. The van der Waals surface area contributed by atoms with Gasteiger partial charge in [0.2, 0.25) is 0 Å². The van der Waals surface area contributed by atoms with E-state index in [1.165, 1.54) is 6.07 Å². The molecule has 114 valence electrons. The predicted molar refractivity (Wildman–Crippen MR) is 85.0 cm³/mol. The van der Waals surface area contributed by atoms with Crippen LogP contribution in [0.3, 0.4) is 0 Å². The monoisotopic (exact) mass is 300 g/mol. The Hall–Kier alpha value is -0.640. The Morgan fingerprint density at radius 2 is 1.90 bits per heavy atom. The molecule has 0 saturated heterocycles. The van der Waals surface area contributed by atoms with E-state index in [2.05, 4.69) is 37.9 Å². The number of nitrogens with one attached hydrogen (secondary N) is 1. The molecular formula is C16H26ClFN2. The van der Waals surface area contributed by atoms with Gasteiger partial charge in [0, 0.05) is 16.6 Å². The van der Waals surface area contributed by atoms with Crippen LogP contribution in [0.15, 0.2) is 18.2 Å². The van der Waals surface area contributed by atoms with Crippen LogP contribution in [0.1, 0.15) is 33.3 Å². The standard InChI is InChI=1S/C16H26ClFN2/c1-6-20(7-2)16(3,4)15(19-5)11-12-10-13(17)8-9-14(12)18/h8-10,15,19H,6-7,11H2,1-5H3. The van der Waals surface area contributed by atoms with E-state index < -0.39 is 0 Å². The smallest absolute Gasteiger partial charge is 0.126 e. The average molecular weight is 301 g/mol. The lowest BCUT2D eigenvalue weighted by Crippen LogP contribution is -2.57. The average Bonchev–Trinajstić information content (AvgIpc) is 2.40.